The summed E-state index contributed by atoms with van der Waals surface area (Å²) in [5.41, 5.74) is 0.0905. The van der Waals surface area contributed by atoms with E-state index in [0.717, 1.165) is 12.1 Å². The molecule has 5 nitrogen and oxygen atoms in total. The zero-order chi connectivity index (χ0) is 14.7. The average Bonchev–Trinajstić information content (AvgIpc) is 2.84. The molecule has 0 bridgehead atoms. The van der Waals surface area contributed by atoms with Gasteiger partial charge in [-0.2, -0.15) is 0 Å². The number of benzene rings is 1. The highest BCUT2D eigenvalue weighted by atomic mass is 35.5. The van der Waals surface area contributed by atoms with Crippen LogP contribution >= 0.6 is 11.6 Å². The Morgan fingerprint density at radius 1 is 1.30 bits per heavy atom. The molecule has 2 aromatic rings. The van der Waals surface area contributed by atoms with Crippen molar-refractivity contribution in [3.8, 4) is 0 Å². The van der Waals surface area contributed by atoms with E-state index in [1.807, 2.05) is 0 Å². The highest BCUT2D eigenvalue weighted by Gasteiger charge is 2.18. The van der Waals surface area contributed by atoms with E-state index in [4.69, 9.17) is 16.0 Å². The molecular weight excluding hydrogens is 289 g/mol. The first-order valence-electron chi connectivity index (χ1n) is 5.45. The van der Waals surface area contributed by atoms with E-state index >= 15 is 0 Å². The zero-order valence-corrected chi connectivity index (χ0v) is 11.0. The van der Waals surface area contributed by atoms with Gasteiger partial charge >= 0.3 is 5.97 Å². The Hall–Kier alpha value is -2.34. The number of ether oxygens (including phenoxy) is 1. The smallest absolute Gasteiger partial charge is 0.339 e. The van der Waals surface area contributed by atoms with Crippen molar-refractivity contribution in [2.75, 3.05) is 12.4 Å². The van der Waals surface area contributed by atoms with Gasteiger partial charge in [0.05, 0.1) is 30.2 Å². The third kappa shape index (κ3) is 2.80. The predicted octanol–water partition coefficient (Wildman–Crippen LogP) is 3.11. The van der Waals surface area contributed by atoms with Crippen LogP contribution in [-0.4, -0.2) is 19.0 Å². The molecule has 20 heavy (non-hydrogen) atoms. The molecule has 0 spiro atoms. The number of halogens is 2. The van der Waals surface area contributed by atoms with Gasteiger partial charge in [0.25, 0.3) is 5.91 Å². The Morgan fingerprint density at radius 2 is 2.05 bits per heavy atom. The van der Waals surface area contributed by atoms with E-state index in [2.05, 4.69) is 10.1 Å². The van der Waals surface area contributed by atoms with E-state index in [-0.39, 0.29) is 22.0 Å². The third-order valence-electron chi connectivity index (χ3n) is 2.50. The van der Waals surface area contributed by atoms with Crippen molar-refractivity contribution >= 4 is 29.2 Å². The lowest BCUT2D eigenvalue weighted by atomic mass is 10.1. The highest BCUT2D eigenvalue weighted by molar-refractivity contribution is 6.32. The van der Waals surface area contributed by atoms with Crippen LogP contribution in [0.25, 0.3) is 0 Å². The van der Waals surface area contributed by atoms with E-state index in [0.29, 0.717) is 0 Å². The van der Waals surface area contributed by atoms with Crippen LogP contribution in [0.15, 0.2) is 34.9 Å². The van der Waals surface area contributed by atoms with E-state index in [1.165, 1.54) is 25.5 Å². The molecule has 104 valence electrons. The predicted molar refractivity (Wildman–Crippen MR) is 69.4 cm³/mol. The fourth-order valence-corrected chi connectivity index (χ4v) is 1.75. The Kier molecular flexibility index (Phi) is 4.05. The number of methoxy groups -OCH3 is 1. The standard InChI is InChI=1S/C13H9ClFNO4/c1-19-13(18)8-3-2-7(15)6-10(8)16-12(17)9-4-5-20-11(9)14/h2-6H,1H3,(H,16,17). The number of carbonyl (C=O) groups excluding carboxylic acids is 2. The summed E-state index contributed by atoms with van der Waals surface area (Å²) in [5, 5.41) is 2.29. The van der Waals surface area contributed by atoms with Crippen LogP contribution in [0.3, 0.4) is 0 Å². The molecule has 1 amide bonds. The molecule has 0 radical (unpaired) electrons. The second kappa shape index (κ2) is 5.75. The summed E-state index contributed by atoms with van der Waals surface area (Å²) in [6, 6.07) is 4.67. The largest absolute Gasteiger partial charge is 0.465 e. The first-order chi connectivity index (χ1) is 9.52. The molecule has 0 unspecified atom stereocenters. The van der Waals surface area contributed by atoms with Crippen LogP contribution in [0.5, 0.6) is 0 Å². The van der Waals surface area contributed by atoms with Gasteiger partial charge in [0.2, 0.25) is 5.22 Å². The number of esters is 1. The number of carbonyl (C=O) groups is 2. The maximum Gasteiger partial charge on any atom is 0.339 e. The Bertz CT molecular complexity index is 668. The monoisotopic (exact) mass is 297 g/mol. The summed E-state index contributed by atoms with van der Waals surface area (Å²) in [6.07, 6.45) is 1.24. The quantitative estimate of drug-likeness (QED) is 0.884. The molecule has 0 aliphatic carbocycles. The number of anilines is 1. The van der Waals surface area contributed by atoms with E-state index < -0.39 is 17.7 Å². The van der Waals surface area contributed by atoms with Crippen molar-refractivity contribution in [3.63, 3.8) is 0 Å². The second-order valence-corrected chi connectivity index (χ2v) is 4.09. The summed E-state index contributed by atoms with van der Waals surface area (Å²) >= 11 is 5.67. The number of hydrogen-bond donors (Lipinski definition) is 1. The average molecular weight is 298 g/mol. The molecule has 0 aliphatic heterocycles. The minimum Gasteiger partial charge on any atom is -0.465 e. The fourth-order valence-electron chi connectivity index (χ4n) is 1.55. The molecular formula is C13H9ClFNO4. The molecule has 0 fully saturated rings. The van der Waals surface area contributed by atoms with Crippen LogP contribution < -0.4 is 5.32 Å². The van der Waals surface area contributed by atoms with Crippen LogP contribution in [-0.2, 0) is 4.74 Å². The summed E-state index contributed by atoms with van der Waals surface area (Å²) in [7, 11) is 1.18. The number of amides is 1. The van der Waals surface area contributed by atoms with Crippen molar-refractivity contribution in [1.82, 2.24) is 0 Å². The highest BCUT2D eigenvalue weighted by Crippen LogP contribution is 2.22. The van der Waals surface area contributed by atoms with Gasteiger partial charge in [0.1, 0.15) is 5.82 Å². The molecule has 0 saturated carbocycles. The van der Waals surface area contributed by atoms with Crippen molar-refractivity contribution in [2.24, 2.45) is 0 Å². The second-order valence-electron chi connectivity index (χ2n) is 3.74. The lowest BCUT2D eigenvalue weighted by molar-refractivity contribution is 0.0602. The third-order valence-corrected chi connectivity index (χ3v) is 2.79. The number of furan rings is 1. The maximum atomic E-state index is 13.2. The lowest BCUT2D eigenvalue weighted by Gasteiger charge is -2.09. The number of nitrogens with one attached hydrogen (secondary N) is 1. The summed E-state index contributed by atoms with van der Waals surface area (Å²) in [5.74, 6) is -1.93. The van der Waals surface area contributed by atoms with Crippen molar-refractivity contribution in [3.05, 3.63) is 52.7 Å². The normalized spacial score (nSPS) is 10.2. The maximum absolute atomic E-state index is 13.2. The minimum absolute atomic E-state index is 0.0147. The summed E-state index contributed by atoms with van der Waals surface area (Å²) in [6.45, 7) is 0. The van der Waals surface area contributed by atoms with Gasteiger partial charge in [-0.25, -0.2) is 9.18 Å². The van der Waals surface area contributed by atoms with Gasteiger partial charge < -0.3 is 14.5 Å². The molecule has 1 aromatic carbocycles. The van der Waals surface area contributed by atoms with Crippen molar-refractivity contribution < 1.29 is 23.1 Å². The first-order valence-corrected chi connectivity index (χ1v) is 5.83. The van der Waals surface area contributed by atoms with Crippen molar-refractivity contribution in [2.45, 2.75) is 0 Å². The molecule has 2 rings (SSSR count). The molecule has 0 saturated heterocycles. The lowest BCUT2D eigenvalue weighted by Crippen LogP contribution is -2.15. The van der Waals surface area contributed by atoms with Gasteiger partial charge in [0.15, 0.2) is 0 Å². The van der Waals surface area contributed by atoms with Gasteiger partial charge in [-0.1, -0.05) is 0 Å². The van der Waals surface area contributed by atoms with Crippen LogP contribution in [0.1, 0.15) is 20.7 Å². The summed E-state index contributed by atoms with van der Waals surface area (Å²) in [4.78, 5) is 23.5. The minimum atomic E-state index is -0.696. The number of rotatable bonds is 3. The molecule has 1 aromatic heterocycles. The molecule has 1 N–H and O–H groups in total. The van der Waals surface area contributed by atoms with Gasteiger partial charge in [-0.05, 0) is 35.9 Å². The topological polar surface area (TPSA) is 68.5 Å². The van der Waals surface area contributed by atoms with Gasteiger partial charge in [0, 0.05) is 0 Å². The molecule has 1 heterocycles. The van der Waals surface area contributed by atoms with E-state index in [9.17, 15) is 14.0 Å². The van der Waals surface area contributed by atoms with Crippen LogP contribution in [0.2, 0.25) is 5.22 Å². The van der Waals surface area contributed by atoms with Crippen LogP contribution in [0.4, 0.5) is 10.1 Å². The Labute approximate surface area is 118 Å². The Balaban J connectivity index is 2.33. The number of hydrogen-bond acceptors (Lipinski definition) is 4. The molecule has 0 atom stereocenters. The summed E-state index contributed by atoms with van der Waals surface area (Å²) < 4.78 is 22.6. The molecule has 7 heteroatoms. The molecule has 0 aliphatic rings. The first kappa shape index (κ1) is 14.1. The van der Waals surface area contributed by atoms with E-state index in [1.54, 1.807) is 0 Å². The van der Waals surface area contributed by atoms with Crippen molar-refractivity contribution in [1.29, 1.82) is 0 Å². The fraction of sp³-hybridized carbons (Fsp3) is 0.0769. The van der Waals surface area contributed by atoms with Crippen LogP contribution in [0, 0.1) is 5.82 Å². The Morgan fingerprint density at radius 3 is 2.65 bits per heavy atom. The van der Waals surface area contributed by atoms with Gasteiger partial charge in [-0.15, -0.1) is 0 Å². The van der Waals surface area contributed by atoms with Gasteiger partial charge in [-0.3, -0.25) is 4.79 Å². The zero-order valence-electron chi connectivity index (χ0n) is 10.3. The SMILES string of the molecule is COC(=O)c1ccc(F)cc1NC(=O)c1ccoc1Cl.